The maximum Gasteiger partial charge on any atom is 0.335 e. The van der Waals surface area contributed by atoms with E-state index in [-0.39, 0.29) is 5.56 Å². The molecule has 118 valence electrons. The molecular formula is C17H18N4O2. The van der Waals surface area contributed by atoms with Gasteiger partial charge < -0.3 is 10.4 Å². The molecule has 0 amide bonds. The average molecular weight is 310 g/mol. The van der Waals surface area contributed by atoms with Crippen molar-refractivity contribution in [2.24, 2.45) is 0 Å². The van der Waals surface area contributed by atoms with Crippen molar-refractivity contribution >= 4 is 11.8 Å². The Morgan fingerprint density at radius 1 is 1.22 bits per heavy atom. The lowest BCUT2D eigenvalue weighted by Crippen LogP contribution is -2.10. The second kappa shape index (κ2) is 7.36. The molecule has 0 bridgehead atoms. The number of benzene rings is 1. The largest absolute Gasteiger partial charge is 0.478 e. The maximum atomic E-state index is 10.8. The van der Waals surface area contributed by atoms with Gasteiger partial charge in [-0.2, -0.15) is 10.4 Å². The first-order valence-corrected chi connectivity index (χ1v) is 7.45. The highest BCUT2D eigenvalue weighted by Gasteiger charge is 2.14. The van der Waals surface area contributed by atoms with Crippen LogP contribution in [0.25, 0.3) is 0 Å². The molecule has 0 fully saturated rings. The Hall–Kier alpha value is -2.94. The molecule has 0 unspecified atom stereocenters. The molecule has 0 aliphatic rings. The van der Waals surface area contributed by atoms with Crippen molar-refractivity contribution in [1.29, 1.82) is 5.26 Å². The van der Waals surface area contributed by atoms with Crippen molar-refractivity contribution in [3.05, 3.63) is 52.2 Å². The summed E-state index contributed by atoms with van der Waals surface area (Å²) in [6, 6.07) is 8.77. The van der Waals surface area contributed by atoms with Crippen LogP contribution in [0.2, 0.25) is 0 Å². The van der Waals surface area contributed by atoms with Gasteiger partial charge in [0.2, 0.25) is 0 Å². The number of nitrogens with one attached hydrogen (secondary N) is 1. The summed E-state index contributed by atoms with van der Waals surface area (Å²) in [5.41, 5.74) is 3.45. The summed E-state index contributed by atoms with van der Waals surface area (Å²) in [6.07, 6.45) is 1.46. The van der Waals surface area contributed by atoms with Crippen LogP contribution >= 0.6 is 0 Å². The number of hydrogen-bond acceptors (Lipinski definition) is 5. The predicted molar refractivity (Wildman–Crippen MR) is 86.2 cm³/mol. The minimum Gasteiger partial charge on any atom is -0.478 e. The van der Waals surface area contributed by atoms with E-state index in [4.69, 9.17) is 5.11 Å². The monoisotopic (exact) mass is 310 g/mol. The summed E-state index contributed by atoms with van der Waals surface area (Å²) < 4.78 is 0. The van der Waals surface area contributed by atoms with Gasteiger partial charge in [-0.3, -0.25) is 0 Å². The lowest BCUT2D eigenvalue weighted by atomic mass is 10.0. The zero-order valence-corrected chi connectivity index (χ0v) is 13.1. The van der Waals surface area contributed by atoms with E-state index in [1.54, 1.807) is 24.3 Å². The highest BCUT2D eigenvalue weighted by atomic mass is 16.4. The molecule has 0 saturated heterocycles. The number of nitrogens with zero attached hydrogens (tertiary/aromatic N) is 3. The Morgan fingerprint density at radius 2 is 1.91 bits per heavy atom. The third-order valence-corrected chi connectivity index (χ3v) is 3.62. The number of carboxylic acids is 1. The lowest BCUT2D eigenvalue weighted by Gasteiger charge is -2.12. The second-order valence-corrected chi connectivity index (χ2v) is 5.02. The van der Waals surface area contributed by atoms with E-state index in [0.717, 1.165) is 29.7 Å². The summed E-state index contributed by atoms with van der Waals surface area (Å²) in [6.45, 7) is 4.42. The van der Waals surface area contributed by atoms with E-state index in [0.29, 0.717) is 17.9 Å². The van der Waals surface area contributed by atoms with E-state index < -0.39 is 5.97 Å². The number of carbonyl (C=O) groups is 1. The highest BCUT2D eigenvalue weighted by Crippen LogP contribution is 2.20. The molecule has 1 aromatic heterocycles. The molecule has 0 atom stereocenters. The minimum absolute atomic E-state index is 0.242. The minimum atomic E-state index is -0.954. The fourth-order valence-electron chi connectivity index (χ4n) is 2.37. The van der Waals surface area contributed by atoms with Gasteiger partial charge in [-0.15, -0.1) is 5.10 Å². The first kappa shape index (κ1) is 16.4. The number of anilines is 1. The topological polar surface area (TPSA) is 98.9 Å². The van der Waals surface area contributed by atoms with Crippen LogP contribution in [-0.4, -0.2) is 21.3 Å². The van der Waals surface area contributed by atoms with E-state index in [2.05, 4.69) is 21.6 Å². The summed E-state index contributed by atoms with van der Waals surface area (Å²) in [5, 5.41) is 29.7. The summed E-state index contributed by atoms with van der Waals surface area (Å²) in [5.74, 6) is -0.492. The molecule has 0 radical (unpaired) electrons. The highest BCUT2D eigenvalue weighted by molar-refractivity contribution is 5.87. The predicted octanol–water partition coefficient (Wildman–Crippen LogP) is 2.78. The van der Waals surface area contributed by atoms with Gasteiger partial charge in [-0.1, -0.05) is 26.0 Å². The Kier molecular flexibility index (Phi) is 5.26. The van der Waals surface area contributed by atoms with Crippen molar-refractivity contribution in [1.82, 2.24) is 10.2 Å². The van der Waals surface area contributed by atoms with Gasteiger partial charge in [-0.25, -0.2) is 4.79 Å². The smallest absolute Gasteiger partial charge is 0.335 e. The van der Waals surface area contributed by atoms with Crippen LogP contribution in [-0.2, 0) is 19.4 Å². The lowest BCUT2D eigenvalue weighted by molar-refractivity contribution is 0.0697. The van der Waals surface area contributed by atoms with Crippen LogP contribution < -0.4 is 5.32 Å². The van der Waals surface area contributed by atoms with E-state index in [9.17, 15) is 10.1 Å². The van der Waals surface area contributed by atoms with Crippen molar-refractivity contribution in [3.63, 3.8) is 0 Å². The number of rotatable bonds is 6. The molecule has 0 saturated carbocycles. The Bertz CT molecular complexity index is 748. The summed E-state index contributed by atoms with van der Waals surface area (Å²) in [4.78, 5) is 10.8. The van der Waals surface area contributed by atoms with Crippen molar-refractivity contribution < 1.29 is 9.90 Å². The first-order chi connectivity index (χ1) is 11.1. The number of aromatic nitrogens is 2. The fourth-order valence-corrected chi connectivity index (χ4v) is 2.37. The van der Waals surface area contributed by atoms with Crippen LogP contribution in [0, 0.1) is 11.3 Å². The number of aryl methyl sites for hydroxylation is 1. The summed E-state index contributed by atoms with van der Waals surface area (Å²) in [7, 11) is 0. The van der Waals surface area contributed by atoms with Gasteiger partial charge >= 0.3 is 5.97 Å². The Balaban J connectivity index is 2.20. The molecule has 0 spiro atoms. The molecular weight excluding hydrogens is 292 g/mol. The third kappa shape index (κ3) is 3.64. The van der Waals surface area contributed by atoms with Crippen molar-refractivity contribution in [3.8, 4) is 6.07 Å². The van der Waals surface area contributed by atoms with Crippen LogP contribution in [0.5, 0.6) is 0 Å². The average Bonchev–Trinajstić information content (AvgIpc) is 2.59. The molecule has 2 N–H and O–H groups in total. The molecule has 2 rings (SSSR count). The normalized spacial score (nSPS) is 10.1. The standard InChI is InChI=1S/C17H18N4O2/c1-3-13-14(9-18)16(21-20-15(13)4-2)19-10-11-5-7-12(8-6-11)17(22)23/h5-8H,3-4,10H2,1-2H3,(H,19,21)(H,22,23). The van der Waals surface area contributed by atoms with Gasteiger partial charge in [0.15, 0.2) is 5.82 Å². The molecule has 6 nitrogen and oxygen atoms in total. The Labute approximate surface area is 134 Å². The van der Waals surface area contributed by atoms with Gasteiger partial charge in [-0.05, 0) is 36.1 Å². The van der Waals surface area contributed by atoms with Gasteiger partial charge in [0.25, 0.3) is 0 Å². The fraction of sp³-hybridized carbons (Fsp3) is 0.294. The number of hydrogen-bond donors (Lipinski definition) is 2. The van der Waals surface area contributed by atoms with Crippen molar-refractivity contribution in [2.45, 2.75) is 33.2 Å². The SMILES string of the molecule is CCc1nnc(NCc2ccc(C(=O)O)cc2)c(C#N)c1CC. The van der Waals surface area contributed by atoms with Gasteiger partial charge in [0, 0.05) is 6.54 Å². The zero-order valence-electron chi connectivity index (χ0n) is 13.1. The summed E-state index contributed by atoms with van der Waals surface area (Å²) >= 11 is 0. The van der Waals surface area contributed by atoms with E-state index in [1.165, 1.54) is 0 Å². The third-order valence-electron chi connectivity index (χ3n) is 3.62. The number of aromatic carboxylic acids is 1. The first-order valence-electron chi connectivity index (χ1n) is 7.45. The molecule has 0 aliphatic heterocycles. The molecule has 23 heavy (non-hydrogen) atoms. The molecule has 6 heteroatoms. The molecule has 0 aliphatic carbocycles. The van der Waals surface area contributed by atoms with Gasteiger partial charge in [0.05, 0.1) is 11.3 Å². The van der Waals surface area contributed by atoms with Crippen molar-refractivity contribution in [2.75, 3.05) is 5.32 Å². The van der Waals surface area contributed by atoms with E-state index >= 15 is 0 Å². The quantitative estimate of drug-likeness (QED) is 0.851. The molecule has 2 aromatic rings. The molecule has 1 aromatic carbocycles. The van der Waals surface area contributed by atoms with Crippen LogP contribution in [0.1, 0.15) is 46.6 Å². The zero-order chi connectivity index (χ0) is 16.8. The van der Waals surface area contributed by atoms with Crippen LogP contribution in [0.15, 0.2) is 24.3 Å². The number of carboxylic acid groups (broad SMARTS) is 1. The number of nitriles is 1. The van der Waals surface area contributed by atoms with Crippen LogP contribution in [0.4, 0.5) is 5.82 Å². The molecule has 1 heterocycles. The Morgan fingerprint density at radius 3 is 2.43 bits per heavy atom. The van der Waals surface area contributed by atoms with Crippen LogP contribution in [0.3, 0.4) is 0 Å². The second-order valence-electron chi connectivity index (χ2n) is 5.02. The van der Waals surface area contributed by atoms with E-state index in [1.807, 2.05) is 13.8 Å². The maximum absolute atomic E-state index is 10.8. The van der Waals surface area contributed by atoms with Gasteiger partial charge in [0.1, 0.15) is 11.6 Å².